The summed E-state index contributed by atoms with van der Waals surface area (Å²) in [5, 5.41) is 5.76. The molecule has 0 saturated heterocycles. The number of para-hydroxylation sites is 1. The predicted molar refractivity (Wildman–Crippen MR) is 153 cm³/mol. The van der Waals surface area contributed by atoms with Gasteiger partial charge in [0.25, 0.3) is 11.5 Å². The molecule has 8 nitrogen and oxygen atoms in total. The highest BCUT2D eigenvalue weighted by molar-refractivity contribution is 7.99. The van der Waals surface area contributed by atoms with Crippen molar-refractivity contribution in [1.29, 1.82) is 0 Å². The van der Waals surface area contributed by atoms with Gasteiger partial charge in [0.1, 0.15) is 4.83 Å². The minimum Gasteiger partial charge on any atom is -0.493 e. The quantitative estimate of drug-likeness (QED) is 0.135. The lowest BCUT2D eigenvalue weighted by Crippen LogP contribution is -2.24. The summed E-state index contributed by atoms with van der Waals surface area (Å²) in [5.74, 6) is 0.764. The second-order valence-electron chi connectivity index (χ2n) is 8.57. The van der Waals surface area contributed by atoms with Crippen LogP contribution in [0.1, 0.15) is 28.8 Å². The van der Waals surface area contributed by atoms with Crippen LogP contribution in [0.3, 0.4) is 0 Å². The topological polar surface area (TPSA) is 94.8 Å². The molecule has 4 aromatic rings. The number of ether oxygens (including phenoxy) is 2. The van der Waals surface area contributed by atoms with Crippen molar-refractivity contribution in [2.24, 2.45) is 5.10 Å². The molecular weight excluding hydrogens is 544 g/mol. The summed E-state index contributed by atoms with van der Waals surface area (Å²) in [4.78, 5) is 33.2. The summed E-state index contributed by atoms with van der Waals surface area (Å²) >= 11 is 8.86. The first-order valence-electron chi connectivity index (χ1n) is 12.0. The van der Waals surface area contributed by atoms with Gasteiger partial charge in [-0.15, -0.1) is 11.3 Å². The molecule has 2 aromatic carbocycles. The zero-order valence-corrected chi connectivity index (χ0v) is 23.2. The monoisotopic (exact) mass is 568 g/mol. The van der Waals surface area contributed by atoms with E-state index in [1.54, 1.807) is 72.6 Å². The van der Waals surface area contributed by atoms with E-state index in [-0.39, 0.29) is 17.2 Å². The first kappa shape index (κ1) is 26.3. The van der Waals surface area contributed by atoms with Gasteiger partial charge in [-0.05, 0) is 67.6 Å². The minimum absolute atomic E-state index is 0.0171. The third kappa shape index (κ3) is 5.29. The number of halogens is 1. The number of benzene rings is 2. The maximum absolute atomic E-state index is 13.8. The van der Waals surface area contributed by atoms with E-state index < -0.39 is 0 Å². The molecule has 11 heteroatoms. The number of carbonyl (C=O) groups is 1. The third-order valence-corrected chi connectivity index (χ3v) is 8.58. The minimum atomic E-state index is -0.337. The fourth-order valence-corrected chi connectivity index (χ4v) is 6.68. The number of aryl methyl sites for hydroxylation is 2. The Morgan fingerprint density at radius 2 is 1.97 bits per heavy atom. The van der Waals surface area contributed by atoms with E-state index >= 15 is 0 Å². The molecule has 0 fully saturated rings. The lowest BCUT2D eigenvalue weighted by Gasteiger charge is -2.13. The molecule has 1 amide bonds. The van der Waals surface area contributed by atoms with Gasteiger partial charge >= 0.3 is 0 Å². The Morgan fingerprint density at radius 1 is 1.18 bits per heavy atom. The van der Waals surface area contributed by atoms with Gasteiger partial charge in [-0.3, -0.25) is 14.2 Å². The lowest BCUT2D eigenvalue weighted by atomic mass is 9.97. The number of hydrogen-bond acceptors (Lipinski definition) is 8. The molecule has 0 radical (unpaired) electrons. The fraction of sp³-hybridized carbons (Fsp3) is 0.259. The van der Waals surface area contributed by atoms with Crippen LogP contribution >= 0.6 is 34.7 Å². The van der Waals surface area contributed by atoms with Gasteiger partial charge in [0.15, 0.2) is 16.7 Å². The number of rotatable bonds is 8. The van der Waals surface area contributed by atoms with Crippen LogP contribution < -0.4 is 20.5 Å². The number of carbonyl (C=O) groups excluding carboxylic acids is 1. The number of hydrogen-bond donors (Lipinski definition) is 1. The zero-order chi connectivity index (χ0) is 26.6. The summed E-state index contributed by atoms with van der Waals surface area (Å²) < 4.78 is 12.3. The van der Waals surface area contributed by atoms with E-state index in [0.29, 0.717) is 38.3 Å². The Hall–Kier alpha value is -3.34. The van der Waals surface area contributed by atoms with Crippen molar-refractivity contribution in [3.63, 3.8) is 0 Å². The normalized spacial score (nSPS) is 13.0. The van der Waals surface area contributed by atoms with Gasteiger partial charge in [-0.25, -0.2) is 10.4 Å². The summed E-state index contributed by atoms with van der Waals surface area (Å²) in [6, 6.07) is 12.4. The van der Waals surface area contributed by atoms with Gasteiger partial charge in [-0.1, -0.05) is 29.4 Å². The first-order chi connectivity index (χ1) is 18.5. The fourth-order valence-electron chi connectivity index (χ4n) is 4.45. The van der Waals surface area contributed by atoms with Crippen LogP contribution in [0.4, 0.5) is 0 Å². The standard InChI is InChI=1S/C27H25ClN4O4S2/c1-35-20-8-5-6-16(24(20)36-2)14-29-31-22(33)15-37-27-30-25-23(19-7-3-4-9-21(19)38-25)26(34)32(27)18-12-10-17(28)11-13-18/h5-6,8,10-14H,3-4,7,9,15H2,1-2H3,(H,31,33). The highest BCUT2D eigenvalue weighted by Gasteiger charge is 2.23. The molecule has 0 spiro atoms. The van der Waals surface area contributed by atoms with Crippen molar-refractivity contribution in [3.05, 3.63) is 73.8 Å². The molecule has 1 aliphatic rings. The molecule has 196 valence electrons. The van der Waals surface area contributed by atoms with E-state index in [0.717, 1.165) is 36.1 Å². The zero-order valence-electron chi connectivity index (χ0n) is 20.8. The van der Waals surface area contributed by atoms with Gasteiger partial charge < -0.3 is 9.47 Å². The van der Waals surface area contributed by atoms with Crippen molar-refractivity contribution in [3.8, 4) is 17.2 Å². The number of aromatic nitrogens is 2. The smallest absolute Gasteiger partial charge is 0.267 e. The van der Waals surface area contributed by atoms with Crippen LogP contribution in [0.15, 0.2) is 57.5 Å². The number of thiophene rings is 1. The Kier molecular flexibility index (Phi) is 8.01. The molecule has 1 aliphatic carbocycles. The van der Waals surface area contributed by atoms with Crippen LogP contribution in [0, 0.1) is 0 Å². The number of thioether (sulfide) groups is 1. The predicted octanol–water partition coefficient (Wildman–Crippen LogP) is 5.24. The number of methoxy groups -OCH3 is 2. The van der Waals surface area contributed by atoms with Crippen LogP contribution in [0.5, 0.6) is 11.5 Å². The van der Waals surface area contributed by atoms with Gasteiger partial charge in [0.05, 0.1) is 37.3 Å². The van der Waals surface area contributed by atoms with E-state index in [4.69, 9.17) is 26.1 Å². The molecule has 2 heterocycles. The molecule has 2 aromatic heterocycles. The number of nitrogens with zero attached hydrogens (tertiary/aromatic N) is 3. The first-order valence-corrected chi connectivity index (χ1v) is 14.2. The van der Waals surface area contributed by atoms with Crippen LogP contribution in [0.2, 0.25) is 5.02 Å². The van der Waals surface area contributed by atoms with Crippen molar-refractivity contribution in [1.82, 2.24) is 15.0 Å². The molecule has 0 saturated carbocycles. The average molecular weight is 569 g/mol. The van der Waals surface area contributed by atoms with E-state index in [1.165, 1.54) is 22.9 Å². The summed E-state index contributed by atoms with van der Waals surface area (Å²) in [6.45, 7) is 0. The maximum Gasteiger partial charge on any atom is 0.267 e. The number of amides is 1. The van der Waals surface area contributed by atoms with Crippen LogP contribution in [0.25, 0.3) is 15.9 Å². The molecule has 0 bridgehead atoms. The Labute approximate surface area is 232 Å². The second-order valence-corrected chi connectivity index (χ2v) is 11.0. The van der Waals surface area contributed by atoms with E-state index in [9.17, 15) is 9.59 Å². The lowest BCUT2D eigenvalue weighted by molar-refractivity contribution is -0.118. The van der Waals surface area contributed by atoms with Crippen LogP contribution in [-0.4, -0.2) is 41.6 Å². The highest BCUT2D eigenvalue weighted by Crippen LogP contribution is 2.35. The highest BCUT2D eigenvalue weighted by atomic mass is 35.5. The molecule has 0 unspecified atom stereocenters. The Bertz CT molecular complexity index is 1580. The summed E-state index contributed by atoms with van der Waals surface area (Å²) in [7, 11) is 3.09. The molecule has 0 atom stereocenters. The third-order valence-electron chi connectivity index (χ3n) is 6.20. The average Bonchev–Trinajstić information content (AvgIpc) is 3.31. The second kappa shape index (κ2) is 11.6. The molecule has 1 N–H and O–H groups in total. The summed E-state index contributed by atoms with van der Waals surface area (Å²) in [5.41, 5.74) is 4.83. The van der Waals surface area contributed by atoms with Gasteiger partial charge in [-0.2, -0.15) is 5.10 Å². The Morgan fingerprint density at radius 3 is 2.74 bits per heavy atom. The van der Waals surface area contributed by atoms with Gasteiger partial charge in [0.2, 0.25) is 0 Å². The maximum atomic E-state index is 13.8. The van der Waals surface area contributed by atoms with Crippen molar-refractivity contribution in [2.75, 3.05) is 20.0 Å². The summed E-state index contributed by atoms with van der Waals surface area (Å²) in [6.07, 6.45) is 5.54. The number of hydrazone groups is 1. The number of nitrogens with one attached hydrogen (secondary N) is 1. The largest absolute Gasteiger partial charge is 0.493 e. The van der Waals surface area contributed by atoms with Gasteiger partial charge in [0, 0.05) is 15.5 Å². The molecule has 0 aliphatic heterocycles. The van der Waals surface area contributed by atoms with Crippen molar-refractivity contribution < 1.29 is 14.3 Å². The van der Waals surface area contributed by atoms with Crippen LogP contribution in [-0.2, 0) is 17.6 Å². The SMILES string of the molecule is COc1cccc(C=NNC(=O)CSc2nc3sc4c(c3c(=O)n2-c2ccc(Cl)cc2)CCCC4)c1OC. The molecule has 5 rings (SSSR count). The Balaban J connectivity index is 1.40. The molecular formula is C27H25ClN4O4S2. The van der Waals surface area contributed by atoms with Crippen molar-refractivity contribution in [2.45, 2.75) is 30.8 Å². The number of fused-ring (bicyclic) bond motifs is 3. The van der Waals surface area contributed by atoms with Crippen molar-refractivity contribution >= 4 is 57.0 Å². The van der Waals surface area contributed by atoms with E-state index in [2.05, 4.69) is 10.5 Å². The van der Waals surface area contributed by atoms with E-state index in [1.807, 2.05) is 0 Å². The molecule has 38 heavy (non-hydrogen) atoms.